The molecule has 1 N–H and O–H groups in total. The number of amides is 1. The molecule has 0 fully saturated rings. The molecular formula is C14H28N2O. The maximum atomic E-state index is 10.6. The lowest BCUT2D eigenvalue weighted by Crippen LogP contribution is -2.07. The zero-order chi connectivity index (χ0) is 14.3. The van der Waals surface area contributed by atoms with Crippen LogP contribution >= 0.6 is 0 Å². The minimum absolute atomic E-state index is 0.0944. The summed E-state index contributed by atoms with van der Waals surface area (Å²) in [4.78, 5) is 14.5. The minimum Gasteiger partial charge on any atom is -0.311 e. The summed E-state index contributed by atoms with van der Waals surface area (Å²) in [7, 11) is 0. The monoisotopic (exact) mass is 240 g/mol. The van der Waals surface area contributed by atoms with E-state index >= 15 is 0 Å². The highest BCUT2D eigenvalue weighted by atomic mass is 16.1. The van der Waals surface area contributed by atoms with E-state index in [1.807, 2.05) is 60.6 Å². The molecule has 100 valence electrons. The minimum atomic E-state index is -0.0944. The number of pyridine rings is 1. The highest BCUT2D eigenvalue weighted by Gasteiger charge is 1.94. The van der Waals surface area contributed by atoms with Gasteiger partial charge in [-0.25, -0.2) is 4.98 Å². The SMILES string of the molecule is CC.CC.CC.CC(=O)Nc1cc(C)ccn1. The van der Waals surface area contributed by atoms with Crippen molar-refractivity contribution in [1.29, 1.82) is 0 Å². The fourth-order valence-corrected chi connectivity index (χ4v) is 0.785. The van der Waals surface area contributed by atoms with E-state index in [0.29, 0.717) is 5.82 Å². The third-order valence-electron chi connectivity index (χ3n) is 1.22. The van der Waals surface area contributed by atoms with E-state index in [1.165, 1.54) is 6.92 Å². The van der Waals surface area contributed by atoms with Gasteiger partial charge in [-0.1, -0.05) is 41.5 Å². The average molecular weight is 240 g/mol. The fourth-order valence-electron chi connectivity index (χ4n) is 0.785. The van der Waals surface area contributed by atoms with Crippen LogP contribution in [0.3, 0.4) is 0 Å². The Balaban J connectivity index is -0.000000285. The maximum absolute atomic E-state index is 10.6. The molecule has 0 unspecified atom stereocenters. The first-order valence-electron chi connectivity index (χ1n) is 6.39. The summed E-state index contributed by atoms with van der Waals surface area (Å²) in [6.07, 6.45) is 1.67. The molecule has 0 atom stereocenters. The van der Waals surface area contributed by atoms with Crippen molar-refractivity contribution in [3.05, 3.63) is 23.9 Å². The van der Waals surface area contributed by atoms with E-state index < -0.39 is 0 Å². The van der Waals surface area contributed by atoms with Gasteiger partial charge in [-0.2, -0.15) is 0 Å². The average Bonchev–Trinajstić information content (AvgIpc) is 2.36. The van der Waals surface area contributed by atoms with Crippen LogP contribution in [0.1, 0.15) is 54.0 Å². The highest BCUT2D eigenvalue weighted by molar-refractivity contribution is 5.87. The van der Waals surface area contributed by atoms with E-state index in [1.54, 1.807) is 6.20 Å². The second-order valence-electron chi connectivity index (χ2n) is 2.40. The molecule has 0 aliphatic heterocycles. The molecule has 0 bridgehead atoms. The van der Waals surface area contributed by atoms with Crippen molar-refractivity contribution in [2.45, 2.75) is 55.4 Å². The van der Waals surface area contributed by atoms with Gasteiger partial charge in [0.15, 0.2) is 0 Å². The molecule has 0 aliphatic carbocycles. The van der Waals surface area contributed by atoms with Crippen LogP contribution in [0.5, 0.6) is 0 Å². The number of rotatable bonds is 1. The van der Waals surface area contributed by atoms with Crippen LogP contribution in [0.4, 0.5) is 5.82 Å². The largest absolute Gasteiger partial charge is 0.311 e. The quantitative estimate of drug-likeness (QED) is 0.789. The van der Waals surface area contributed by atoms with Gasteiger partial charge in [-0.15, -0.1) is 0 Å². The molecule has 1 aromatic rings. The molecule has 1 amide bonds. The maximum Gasteiger partial charge on any atom is 0.222 e. The number of anilines is 1. The molecule has 3 nitrogen and oxygen atoms in total. The number of aryl methyl sites for hydroxylation is 1. The third-order valence-corrected chi connectivity index (χ3v) is 1.22. The molecule has 0 saturated carbocycles. The first kappa shape index (κ1) is 21.0. The lowest BCUT2D eigenvalue weighted by atomic mass is 10.3. The predicted molar refractivity (Wildman–Crippen MR) is 77.3 cm³/mol. The smallest absolute Gasteiger partial charge is 0.222 e. The van der Waals surface area contributed by atoms with Crippen molar-refractivity contribution in [2.24, 2.45) is 0 Å². The van der Waals surface area contributed by atoms with Gasteiger partial charge in [0.05, 0.1) is 0 Å². The Hall–Kier alpha value is -1.38. The van der Waals surface area contributed by atoms with Crippen molar-refractivity contribution in [2.75, 3.05) is 5.32 Å². The van der Waals surface area contributed by atoms with E-state index in [4.69, 9.17) is 0 Å². The van der Waals surface area contributed by atoms with Gasteiger partial charge in [-0.3, -0.25) is 4.79 Å². The topological polar surface area (TPSA) is 42.0 Å². The molecule has 1 heterocycles. The van der Waals surface area contributed by atoms with Crippen LogP contribution in [-0.4, -0.2) is 10.9 Å². The normalized spacial score (nSPS) is 7.06. The Morgan fingerprint density at radius 2 is 1.59 bits per heavy atom. The lowest BCUT2D eigenvalue weighted by Gasteiger charge is -1.99. The Bertz CT molecular complexity index is 273. The molecule has 0 aliphatic rings. The number of nitrogens with zero attached hydrogens (tertiary/aromatic N) is 1. The summed E-state index contributed by atoms with van der Waals surface area (Å²) in [6, 6.07) is 3.70. The Morgan fingerprint density at radius 3 is 1.94 bits per heavy atom. The molecule has 1 aromatic heterocycles. The molecular weight excluding hydrogens is 212 g/mol. The van der Waals surface area contributed by atoms with E-state index in [-0.39, 0.29) is 5.91 Å². The molecule has 0 saturated heterocycles. The number of carbonyl (C=O) groups is 1. The molecule has 0 radical (unpaired) electrons. The summed E-state index contributed by atoms with van der Waals surface area (Å²) in [6.45, 7) is 15.4. The van der Waals surface area contributed by atoms with Gasteiger partial charge in [-0.05, 0) is 24.6 Å². The summed E-state index contributed by atoms with van der Waals surface area (Å²) < 4.78 is 0. The van der Waals surface area contributed by atoms with Gasteiger partial charge in [0.1, 0.15) is 5.82 Å². The Morgan fingerprint density at radius 1 is 1.12 bits per heavy atom. The number of nitrogens with one attached hydrogen (secondary N) is 1. The molecule has 17 heavy (non-hydrogen) atoms. The van der Waals surface area contributed by atoms with Gasteiger partial charge in [0.2, 0.25) is 5.91 Å². The van der Waals surface area contributed by atoms with Crippen LogP contribution in [0.15, 0.2) is 18.3 Å². The zero-order valence-corrected chi connectivity index (χ0v) is 12.6. The molecule has 1 rings (SSSR count). The van der Waals surface area contributed by atoms with E-state index in [9.17, 15) is 4.79 Å². The number of hydrogen-bond donors (Lipinski definition) is 1. The summed E-state index contributed by atoms with van der Waals surface area (Å²) in [5, 5.41) is 2.60. The van der Waals surface area contributed by atoms with Crippen LogP contribution < -0.4 is 5.32 Å². The van der Waals surface area contributed by atoms with E-state index in [2.05, 4.69) is 10.3 Å². The van der Waals surface area contributed by atoms with Crippen molar-refractivity contribution in [1.82, 2.24) is 4.98 Å². The second-order valence-corrected chi connectivity index (χ2v) is 2.40. The number of carbonyl (C=O) groups excluding carboxylic acids is 1. The van der Waals surface area contributed by atoms with Crippen molar-refractivity contribution in [3.8, 4) is 0 Å². The predicted octanol–water partition coefficient (Wildman–Crippen LogP) is 4.43. The van der Waals surface area contributed by atoms with Gasteiger partial charge in [0, 0.05) is 13.1 Å². The van der Waals surface area contributed by atoms with Gasteiger partial charge >= 0.3 is 0 Å². The summed E-state index contributed by atoms with van der Waals surface area (Å²) in [5.41, 5.74) is 1.09. The van der Waals surface area contributed by atoms with Crippen molar-refractivity contribution < 1.29 is 4.79 Å². The second kappa shape index (κ2) is 17.0. The summed E-state index contributed by atoms with van der Waals surface area (Å²) in [5.74, 6) is 0.514. The van der Waals surface area contributed by atoms with Crippen molar-refractivity contribution >= 4 is 11.7 Å². The standard InChI is InChI=1S/C8H10N2O.3C2H6/c1-6-3-4-9-8(5-6)10-7(2)11;3*1-2/h3-5H,1-2H3,(H,9,10,11);3*1-2H3. The van der Waals surface area contributed by atoms with Gasteiger partial charge < -0.3 is 5.32 Å². The fraction of sp³-hybridized carbons (Fsp3) is 0.571. The van der Waals surface area contributed by atoms with Gasteiger partial charge in [0.25, 0.3) is 0 Å². The lowest BCUT2D eigenvalue weighted by molar-refractivity contribution is -0.114. The van der Waals surface area contributed by atoms with Crippen LogP contribution in [0, 0.1) is 6.92 Å². The molecule has 0 aromatic carbocycles. The zero-order valence-electron chi connectivity index (χ0n) is 12.6. The van der Waals surface area contributed by atoms with Crippen LogP contribution in [-0.2, 0) is 4.79 Å². The molecule has 0 spiro atoms. The first-order valence-corrected chi connectivity index (χ1v) is 6.39. The van der Waals surface area contributed by atoms with E-state index in [0.717, 1.165) is 5.56 Å². The number of hydrogen-bond acceptors (Lipinski definition) is 2. The van der Waals surface area contributed by atoms with Crippen molar-refractivity contribution in [3.63, 3.8) is 0 Å². The third kappa shape index (κ3) is 14.6. The highest BCUT2D eigenvalue weighted by Crippen LogP contribution is 2.04. The first-order chi connectivity index (χ1) is 8.18. The molecule has 3 heteroatoms. The van der Waals surface area contributed by atoms with Crippen LogP contribution in [0.25, 0.3) is 0 Å². The summed E-state index contributed by atoms with van der Waals surface area (Å²) >= 11 is 0. The Kier molecular flexibility index (Phi) is 21.0. The number of aromatic nitrogens is 1. The Labute approximate surface area is 107 Å². The van der Waals surface area contributed by atoms with Crippen LogP contribution in [0.2, 0.25) is 0 Å².